The zero-order valence-corrected chi connectivity index (χ0v) is 13.6. The molecule has 0 aliphatic carbocycles. The van der Waals surface area contributed by atoms with Crippen molar-refractivity contribution in [2.24, 2.45) is 0 Å². The van der Waals surface area contributed by atoms with Gasteiger partial charge in [-0.25, -0.2) is 0 Å². The molecule has 1 aromatic carbocycles. The molecule has 0 radical (unpaired) electrons. The van der Waals surface area contributed by atoms with E-state index in [2.05, 4.69) is 19.1 Å². The molecule has 1 atom stereocenters. The highest BCUT2D eigenvalue weighted by Gasteiger charge is 2.27. The normalized spacial score (nSPS) is 20.2. The second kappa shape index (κ2) is 6.64. The summed E-state index contributed by atoms with van der Waals surface area (Å²) >= 11 is 3.45. The lowest BCUT2D eigenvalue weighted by atomic mass is 10.0. The van der Waals surface area contributed by atoms with Crippen LogP contribution in [0.2, 0.25) is 0 Å². The maximum absolute atomic E-state index is 11.9. The molecule has 4 heteroatoms. The molecule has 1 aromatic rings. The Balaban J connectivity index is 2.47. The molecule has 1 aliphatic heterocycles. The predicted molar refractivity (Wildman–Crippen MR) is 85.2 cm³/mol. The third kappa shape index (κ3) is 3.36. The Bertz CT molecular complexity index is 576. The van der Waals surface area contributed by atoms with E-state index in [1.54, 1.807) is 37.4 Å². The second-order valence-corrected chi connectivity index (χ2v) is 7.17. The Morgan fingerprint density at radius 1 is 1.15 bits per heavy atom. The molecule has 0 aromatic heterocycles. The van der Waals surface area contributed by atoms with Crippen molar-refractivity contribution in [3.63, 3.8) is 0 Å². The van der Waals surface area contributed by atoms with Gasteiger partial charge in [0.2, 0.25) is 0 Å². The number of fused-ring (bicyclic) bond motifs is 1. The van der Waals surface area contributed by atoms with Crippen molar-refractivity contribution in [1.82, 2.24) is 0 Å². The third-order valence-electron chi connectivity index (χ3n) is 3.15. The lowest BCUT2D eigenvalue weighted by Gasteiger charge is -2.27. The van der Waals surface area contributed by atoms with Crippen molar-refractivity contribution in [1.29, 1.82) is 0 Å². The van der Waals surface area contributed by atoms with Crippen LogP contribution in [0.15, 0.2) is 44.5 Å². The van der Waals surface area contributed by atoms with E-state index in [1.165, 1.54) is 9.79 Å². The average Bonchev–Trinajstić information content (AvgIpc) is 2.42. The van der Waals surface area contributed by atoms with Crippen LogP contribution in [0, 0.1) is 0 Å². The molecule has 1 unspecified atom stereocenters. The highest BCUT2D eigenvalue weighted by Crippen LogP contribution is 2.49. The summed E-state index contributed by atoms with van der Waals surface area (Å²) < 4.78 is 0. The van der Waals surface area contributed by atoms with Gasteiger partial charge >= 0.3 is 0 Å². The lowest BCUT2D eigenvalue weighted by Crippen LogP contribution is -2.15. The standard InChI is InChI=1S/C16H18O2S2/c1-4-13-16(12(11(3)18)9-10(2)17)20-15-8-6-5-7-14(15)19-13/h5-8,13H,4,9H2,1-3H3/b16-12-. The summed E-state index contributed by atoms with van der Waals surface area (Å²) in [5.41, 5.74) is 0.691. The van der Waals surface area contributed by atoms with Gasteiger partial charge < -0.3 is 0 Å². The fourth-order valence-corrected chi connectivity index (χ4v) is 4.99. The minimum Gasteiger partial charge on any atom is -0.300 e. The van der Waals surface area contributed by atoms with E-state index >= 15 is 0 Å². The number of benzene rings is 1. The molecule has 0 saturated heterocycles. The van der Waals surface area contributed by atoms with E-state index in [-0.39, 0.29) is 23.2 Å². The van der Waals surface area contributed by atoms with Crippen LogP contribution in [0.4, 0.5) is 0 Å². The summed E-state index contributed by atoms with van der Waals surface area (Å²) in [6.45, 7) is 5.22. The van der Waals surface area contributed by atoms with Gasteiger partial charge in [-0.05, 0) is 32.4 Å². The average molecular weight is 306 g/mol. The monoisotopic (exact) mass is 306 g/mol. The first-order valence-electron chi connectivity index (χ1n) is 6.69. The van der Waals surface area contributed by atoms with Crippen LogP contribution in [0.3, 0.4) is 0 Å². The van der Waals surface area contributed by atoms with Gasteiger partial charge in [-0.15, -0.1) is 11.8 Å². The predicted octanol–water partition coefficient (Wildman–Crippen LogP) is 4.49. The first-order valence-corrected chi connectivity index (χ1v) is 8.39. The molecule has 20 heavy (non-hydrogen) atoms. The second-order valence-electron chi connectivity index (χ2n) is 4.84. The van der Waals surface area contributed by atoms with Crippen molar-refractivity contribution in [2.45, 2.75) is 48.7 Å². The van der Waals surface area contributed by atoms with Crippen LogP contribution in [0.25, 0.3) is 0 Å². The number of hydrogen-bond donors (Lipinski definition) is 0. The van der Waals surface area contributed by atoms with Gasteiger partial charge in [0.25, 0.3) is 0 Å². The zero-order valence-electron chi connectivity index (χ0n) is 11.9. The first-order chi connectivity index (χ1) is 9.52. The molecule has 0 bridgehead atoms. The Morgan fingerprint density at radius 3 is 2.35 bits per heavy atom. The van der Waals surface area contributed by atoms with Gasteiger partial charge in [-0.1, -0.05) is 30.8 Å². The van der Waals surface area contributed by atoms with Gasteiger partial charge in [0, 0.05) is 31.9 Å². The molecule has 0 amide bonds. The minimum absolute atomic E-state index is 0.0149. The van der Waals surface area contributed by atoms with E-state index in [4.69, 9.17) is 0 Å². The molecule has 0 fully saturated rings. The summed E-state index contributed by atoms with van der Waals surface area (Å²) in [6.07, 6.45) is 1.20. The Labute approximate surface area is 128 Å². The van der Waals surface area contributed by atoms with E-state index in [0.717, 1.165) is 11.3 Å². The fraction of sp³-hybridized carbons (Fsp3) is 0.375. The van der Waals surface area contributed by atoms with Gasteiger partial charge in [-0.3, -0.25) is 9.59 Å². The summed E-state index contributed by atoms with van der Waals surface area (Å²) in [5, 5.41) is 0.271. The molecule has 0 N–H and O–H groups in total. The van der Waals surface area contributed by atoms with E-state index < -0.39 is 0 Å². The van der Waals surface area contributed by atoms with Crippen molar-refractivity contribution in [3.8, 4) is 0 Å². The Hall–Kier alpha value is -1.00. The van der Waals surface area contributed by atoms with Crippen molar-refractivity contribution in [2.75, 3.05) is 0 Å². The molecular formula is C16H18O2S2. The van der Waals surface area contributed by atoms with E-state index in [1.807, 2.05) is 12.1 Å². The molecule has 1 heterocycles. The highest BCUT2D eigenvalue weighted by molar-refractivity contribution is 8.08. The molecule has 106 valence electrons. The smallest absolute Gasteiger partial charge is 0.157 e. The first kappa shape index (κ1) is 15.4. The van der Waals surface area contributed by atoms with E-state index in [0.29, 0.717) is 5.57 Å². The maximum Gasteiger partial charge on any atom is 0.157 e. The molecule has 2 nitrogen and oxygen atoms in total. The molecule has 1 aliphatic rings. The molecule has 2 rings (SSSR count). The summed E-state index contributed by atoms with van der Waals surface area (Å²) in [4.78, 5) is 26.9. The van der Waals surface area contributed by atoms with Crippen LogP contribution in [0.5, 0.6) is 0 Å². The van der Waals surface area contributed by atoms with Crippen LogP contribution in [-0.2, 0) is 9.59 Å². The van der Waals surface area contributed by atoms with Gasteiger partial charge in [0.05, 0.1) is 0 Å². The zero-order chi connectivity index (χ0) is 14.7. The van der Waals surface area contributed by atoms with Crippen LogP contribution in [-0.4, -0.2) is 16.8 Å². The van der Waals surface area contributed by atoms with Gasteiger partial charge in [0.1, 0.15) is 5.78 Å². The SMILES string of the molecule is CCC1Sc2ccccc2S/C1=C(/CC(C)=O)C(C)=O. The van der Waals surface area contributed by atoms with Crippen molar-refractivity contribution >= 4 is 35.1 Å². The molecule has 0 spiro atoms. The fourth-order valence-electron chi connectivity index (χ4n) is 2.18. The van der Waals surface area contributed by atoms with Crippen LogP contribution in [0.1, 0.15) is 33.6 Å². The number of rotatable bonds is 4. The summed E-state index contributed by atoms with van der Waals surface area (Å²) in [7, 11) is 0. The van der Waals surface area contributed by atoms with Crippen LogP contribution < -0.4 is 0 Å². The van der Waals surface area contributed by atoms with Crippen molar-refractivity contribution < 1.29 is 9.59 Å². The maximum atomic E-state index is 11.9. The number of ketones is 2. The third-order valence-corrected chi connectivity index (χ3v) is 6.22. The summed E-state index contributed by atoms with van der Waals surface area (Å²) in [5.74, 6) is 0.0585. The Kier molecular flexibility index (Phi) is 5.11. The summed E-state index contributed by atoms with van der Waals surface area (Å²) in [6, 6.07) is 8.24. The number of hydrogen-bond acceptors (Lipinski definition) is 4. The Morgan fingerprint density at radius 2 is 1.80 bits per heavy atom. The lowest BCUT2D eigenvalue weighted by molar-refractivity contribution is -0.119. The van der Waals surface area contributed by atoms with Gasteiger partial charge in [0.15, 0.2) is 5.78 Å². The number of thioether (sulfide) groups is 2. The largest absolute Gasteiger partial charge is 0.300 e. The number of Topliss-reactive ketones (excluding diaryl/α,β-unsaturated/α-hetero) is 2. The van der Waals surface area contributed by atoms with Crippen molar-refractivity contribution in [3.05, 3.63) is 34.7 Å². The number of carbonyl (C=O) groups excluding carboxylic acids is 2. The van der Waals surface area contributed by atoms with E-state index in [9.17, 15) is 9.59 Å². The molecule has 0 saturated carbocycles. The number of allylic oxidation sites excluding steroid dienone is 1. The molecular weight excluding hydrogens is 288 g/mol. The quantitative estimate of drug-likeness (QED) is 0.768. The topological polar surface area (TPSA) is 34.1 Å². The number of carbonyl (C=O) groups is 2. The highest BCUT2D eigenvalue weighted by atomic mass is 32.2. The van der Waals surface area contributed by atoms with Crippen LogP contribution >= 0.6 is 23.5 Å². The van der Waals surface area contributed by atoms with Gasteiger partial charge in [-0.2, -0.15) is 0 Å². The minimum atomic E-state index is 0.0149.